The molecule has 7 heteroatoms. The molecule has 0 radical (unpaired) electrons. The van der Waals surface area contributed by atoms with Crippen molar-refractivity contribution >= 4 is 6.09 Å². The van der Waals surface area contributed by atoms with E-state index in [4.69, 9.17) is 24.7 Å². The summed E-state index contributed by atoms with van der Waals surface area (Å²) in [5, 5.41) is 0. The maximum atomic E-state index is 12.3. The number of benzene rings is 1. The normalized spacial score (nSPS) is 12.3. The van der Waals surface area contributed by atoms with Crippen LogP contribution in [0, 0.1) is 0 Å². The Morgan fingerprint density at radius 2 is 1.62 bits per heavy atom. The van der Waals surface area contributed by atoms with E-state index in [0.717, 1.165) is 5.56 Å². The van der Waals surface area contributed by atoms with Crippen LogP contribution in [-0.4, -0.2) is 51.5 Å². The Balaban J connectivity index is 3.22. The van der Waals surface area contributed by atoms with E-state index in [9.17, 15) is 4.79 Å². The third-order valence-corrected chi connectivity index (χ3v) is 3.44. The molecule has 0 aliphatic rings. The lowest BCUT2D eigenvalue weighted by Crippen LogP contribution is -2.39. The van der Waals surface area contributed by atoms with E-state index in [0.29, 0.717) is 17.2 Å². The molecule has 0 aliphatic heterocycles. The molecule has 1 rings (SSSR count). The van der Waals surface area contributed by atoms with Crippen molar-refractivity contribution in [3.8, 4) is 17.2 Å². The minimum absolute atomic E-state index is 0.217. The van der Waals surface area contributed by atoms with Gasteiger partial charge in [0.2, 0.25) is 5.75 Å². The molecule has 1 aromatic rings. The fraction of sp³-hybridized carbons (Fsp3) is 0.588. The molecule has 0 aromatic heterocycles. The van der Waals surface area contributed by atoms with Gasteiger partial charge in [0.05, 0.1) is 27.4 Å². The van der Waals surface area contributed by atoms with Crippen molar-refractivity contribution in [3.05, 3.63) is 17.7 Å². The topological polar surface area (TPSA) is 83.3 Å². The minimum Gasteiger partial charge on any atom is -0.493 e. The van der Waals surface area contributed by atoms with Crippen molar-refractivity contribution < 1.29 is 23.7 Å². The van der Waals surface area contributed by atoms with E-state index >= 15 is 0 Å². The molecule has 0 fully saturated rings. The summed E-state index contributed by atoms with van der Waals surface area (Å²) in [6.45, 7) is 5.66. The summed E-state index contributed by atoms with van der Waals surface area (Å²) in [4.78, 5) is 13.8. The number of nitrogens with two attached hydrogens (primary N) is 1. The first-order chi connectivity index (χ1) is 11.2. The van der Waals surface area contributed by atoms with E-state index < -0.39 is 17.7 Å². The van der Waals surface area contributed by atoms with E-state index in [1.165, 1.54) is 26.2 Å². The van der Waals surface area contributed by atoms with E-state index in [2.05, 4.69) is 0 Å². The SMILES string of the molecule is COc1cc(C(CN)N(C)C(=O)OC(C)(C)C)cc(OC)c1OC. The average Bonchev–Trinajstić information content (AvgIpc) is 2.52. The van der Waals surface area contributed by atoms with Gasteiger partial charge in [-0.2, -0.15) is 0 Å². The van der Waals surface area contributed by atoms with Gasteiger partial charge in [-0.05, 0) is 38.5 Å². The molecule has 1 amide bonds. The number of nitrogens with zero attached hydrogens (tertiary/aromatic N) is 1. The first-order valence-corrected chi connectivity index (χ1v) is 7.64. The highest BCUT2D eigenvalue weighted by Gasteiger charge is 2.27. The zero-order chi connectivity index (χ0) is 18.5. The number of rotatable bonds is 6. The van der Waals surface area contributed by atoms with Crippen LogP contribution < -0.4 is 19.9 Å². The highest BCUT2D eigenvalue weighted by atomic mass is 16.6. The maximum Gasteiger partial charge on any atom is 0.410 e. The third-order valence-electron chi connectivity index (χ3n) is 3.44. The number of ether oxygens (including phenoxy) is 4. The minimum atomic E-state index is -0.584. The first kappa shape index (κ1) is 19.9. The molecule has 0 spiro atoms. The standard InChI is InChI=1S/C17H28N2O5/c1-17(2,3)24-16(20)19(4)12(10-18)11-8-13(21-5)15(23-7)14(9-11)22-6/h8-9,12H,10,18H2,1-7H3. The van der Waals surface area contributed by atoms with Crippen molar-refractivity contribution in [2.75, 3.05) is 34.9 Å². The number of methoxy groups -OCH3 is 3. The Kier molecular flexibility index (Phi) is 6.71. The van der Waals surface area contributed by atoms with E-state index in [-0.39, 0.29) is 6.54 Å². The largest absolute Gasteiger partial charge is 0.493 e. The average molecular weight is 340 g/mol. The van der Waals surface area contributed by atoms with Crippen molar-refractivity contribution in [1.29, 1.82) is 0 Å². The van der Waals surface area contributed by atoms with Crippen molar-refractivity contribution in [1.82, 2.24) is 4.90 Å². The second-order valence-electron chi connectivity index (χ2n) is 6.30. The molecular formula is C17H28N2O5. The number of hydrogen-bond acceptors (Lipinski definition) is 6. The second kappa shape index (κ2) is 8.10. The Morgan fingerprint density at radius 1 is 1.12 bits per heavy atom. The maximum absolute atomic E-state index is 12.3. The summed E-state index contributed by atoms with van der Waals surface area (Å²) < 4.78 is 21.4. The summed E-state index contributed by atoms with van der Waals surface area (Å²) >= 11 is 0. The van der Waals surface area contributed by atoms with E-state index in [1.807, 2.05) is 20.8 Å². The van der Waals surface area contributed by atoms with Crippen molar-refractivity contribution in [3.63, 3.8) is 0 Å². The Bertz CT molecular complexity index is 544. The number of carbonyl (C=O) groups excluding carboxylic acids is 1. The molecule has 0 aliphatic carbocycles. The number of likely N-dealkylation sites (N-methyl/N-ethyl adjacent to an activating group) is 1. The van der Waals surface area contributed by atoms with Crippen LogP contribution in [0.1, 0.15) is 32.4 Å². The lowest BCUT2D eigenvalue weighted by atomic mass is 10.0. The highest BCUT2D eigenvalue weighted by Crippen LogP contribution is 2.40. The second-order valence-corrected chi connectivity index (χ2v) is 6.30. The van der Waals surface area contributed by atoms with Crippen molar-refractivity contribution in [2.24, 2.45) is 5.73 Å². The molecule has 0 bridgehead atoms. The molecule has 0 saturated carbocycles. The smallest absolute Gasteiger partial charge is 0.410 e. The van der Waals surface area contributed by atoms with Gasteiger partial charge in [-0.1, -0.05) is 0 Å². The lowest BCUT2D eigenvalue weighted by Gasteiger charge is -2.30. The summed E-state index contributed by atoms with van der Waals surface area (Å²) in [5.74, 6) is 1.49. The molecule has 7 nitrogen and oxygen atoms in total. The Hall–Kier alpha value is -2.15. The zero-order valence-electron chi connectivity index (χ0n) is 15.5. The third kappa shape index (κ3) is 4.67. The van der Waals surface area contributed by atoms with Crippen LogP contribution in [0.3, 0.4) is 0 Å². The van der Waals surface area contributed by atoms with Gasteiger partial charge in [0.15, 0.2) is 11.5 Å². The molecule has 1 unspecified atom stereocenters. The van der Waals surface area contributed by atoms with E-state index in [1.54, 1.807) is 19.2 Å². The van der Waals surface area contributed by atoms with Crippen LogP contribution in [0.15, 0.2) is 12.1 Å². The van der Waals surface area contributed by atoms with Gasteiger partial charge < -0.3 is 29.6 Å². The van der Waals surface area contributed by atoms with Crippen molar-refractivity contribution in [2.45, 2.75) is 32.4 Å². The number of amides is 1. The van der Waals surface area contributed by atoms with Crippen LogP contribution in [0.4, 0.5) is 4.79 Å². The van der Waals surface area contributed by atoms with Gasteiger partial charge in [-0.15, -0.1) is 0 Å². The van der Waals surface area contributed by atoms with Crippen LogP contribution in [0.25, 0.3) is 0 Å². The fourth-order valence-electron chi connectivity index (χ4n) is 2.27. The monoisotopic (exact) mass is 340 g/mol. The highest BCUT2D eigenvalue weighted by molar-refractivity contribution is 5.69. The predicted molar refractivity (Wildman–Crippen MR) is 91.9 cm³/mol. The first-order valence-electron chi connectivity index (χ1n) is 7.64. The van der Waals surface area contributed by atoms with Crippen LogP contribution in [-0.2, 0) is 4.74 Å². The molecule has 0 saturated heterocycles. The van der Waals surface area contributed by atoms with Crippen LogP contribution in [0.5, 0.6) is 17.2 Å². The molecule has 1 atom stereocenters. The van der Waals surface area contributed by atoms with Gasteiger partial charge in [0.1, 0.15) is 5.60 Å². The molecule has 1 aromatic carbocycles. The molecule has 0 heterocycles. The van der Waals surface area contributed by atoms with Gasteiger partial charge in [-0.25, -0.2) is 4.79 Å². The summed E-state index contributed by atoms with van der Waals surface area (Å²) in [7, 11) is 6.26. The molecular weight excluding hydrogens is 312 g/mol. The van der Waals surface area contributed by atoms with Crippen LogP contribution in [0.2, 0.25) is 0 Å². The van der Waals surface area contributed by atoms with Gasteiger partial charge in [-0.3, -0.25) is 0 Å². The quantitative estimate of drug-likeness (QED) is 0.857. The van der Waals surface area contributed by atoms with Crippen LogP contribution >= 0.6 is 0 Å². The summed E-state index contributed by atoms with van der Waals surface area (Å²) in [5.41, 5.74) is 6.08. The molecule has 2 N–H and O–H groups in total. The van der Waals surface area contributed by atoms with Gasteiger partial charge >= 0.3 is 6.09 Å². The lowest BCUT2D eigenvalue weighted by molar-refractivity contribution is 0.0225. The number of carbonyl (C=O) groups is 1. The molecule has 136 valence electrons. The Labute approximate surface area is 143 Å². The molecule has 24 heavy (non-hydrogen) atoms. The predicted octanol–water partition coefficient (Wildman–Crippen LogP) is 2.58. The van der Waals surface area contributed by atoms with Gasteiger partial charge in [0, 0.05) is 13.6 Å². The summed E-state index contributed by atoms with van der Waals surface area (Å²) in [6.07, 6.45) is -0.452. The number of hydrogen-bond donors (Lipinski definition) is 1. The Morgan fingerprint density at radius 3 is 1.96 bits per heavy atom. The zero-order valence-corrected chi connectivity index (χ0v) is 15.5. The fourth-order valence-corrected chi connectivity index (χ4v) is 2.27. The van der Waals surface area contributed by atoms with Gasteiger partial charge in [0.25, 0.3) is 0 Å². The summed E-state index contributed by atoms with van der Waals surface area (Å²) in [6, 6.07) is 3.16.